The van der Waals surface area contributed by atoms with Gasteiger partial charge in [0.2, 0.25) is 0 Å². The van der Waals surface area contributed by atoms with Crippen LogP contribution >= 0.6 is 23.7 Å². The molecule has 0 bridgehead atoms. The summed E-state index contributed by atoms with van der Waals surface area (Å²) in [6.45, 7) is 3.27. The van der Waals surface area contributed by atoms with Gasteiger partial charge < -0.3 is 9.30 Å². The molecule has 2 aromatic carbocycles. The average molecular weight is 471 g/mol. The number of aromatic nitrogens is 3. The maximum absolute atomic E-state index is 13.4. The van der Waals surface area contributed by atoms with Crippen LogP contribution in [0.2, 0.25) is 0 Å². The number of halogens is 1. The molecule has 0 radical (unpaired) electrons. The van der Waals surface area contributed by atoms with Crippen molar-refractivity contribution in [3.05, 3.63) is 77.9 Å². The molecule has 0 N–H and O–H groups in total. The topological polar surface area (TPSA) is 77.3 Å². The fourth-order valence-electron chi connectivity index (χ4n) is 3.33. The number of methoxy groups -OCH3 is 1. The van der Waals surface area contributed by atoms with Gasteiger partial charge in [-0.2, -0.15) is 0 Å². The number of anilines is 1. The summed E-state index contributed by atoms with van der Waals surface area (Å²) in [4.78, 5) is 35.7. The molecular weight excluding hydrogens is 448 g/mol. The Morgan fingerprint density at radius 1 is 1.12 bits per heavy atom. The second-order valence-electron chi connectivity index (χ2n) is 7.10. The Kier molecular flexibility index (Phi) is 7.61. The number of para-hydroxylation sites is 1. The van der Waals surface area contributed by atoms with E-state index in [1.165, 1.54) is 18.4 Å². The van der Waals surface area contributed by atoms with E-state index >= 15 is 0 Å². The van der Waals surface area contributed by atoms with Crippen molar-refractivity contribution in [2.24, 2.45) is 0 Å². The summed E-state index contributed by atoms with van der Waals surface area (Å²) in [5, 5.41) is 0.664. The maximum Gasteiger partial charge on any atom is 0.337 e. The molecule has 166 valence electrons. The molecule has 9 heteroatoms. The highest BCUT2D eigenvalue weighted by Crippen LogP contribution is 2.31. The number of amides is 1. The van der Waals surface area contributed by atoms with E-state index < -0.39 is 5.97 Å². The molecule has 4 rings (SSSR count). The Labute approximate surface area is 196 Å². The summed E-state index contributed by atoms with van der Waals surface area (Å²) < 4.78 is 7.76. The average Bonchev–Trinajstić information content (AvgIpc) is 3.46. The molecule has 0 aliphatic carbocycles. The summed E-state index contributed by atoms with van der Waals surface area (Å²) in [6, 6.07) is 12.5. The van der Waals surface area contributed by atoms with Gasteiger partial charge in [-0.25, -0.2) is 14.8 Å². The molecule has 0 fully saturated rings. The van der Waals surface area contributed by atoms with Gasteiger partial charge in [-0.05, 0) is 49.2 Å². The standard InChI is InChI=1S/C23H22N4O3S.ClH/c1-16-5-3-6-19-20(16)25-23(31-19)27(13-4-12-26-14-11-24-15-26)21(28)17-7-9-18(10-8-17)22(29)30-2;/h3,5-11,14-15H,4,12-13H2,1-2H3;1H. The molecule has 32 heavy (non-hydrogen) atoms. The van der Waals surface area contributed by atoms with Crippen molar-refractivity contribution in [2.45, 2.75) is 19.9 Å². The van der Waals surface area contributed by atoms with Crippen LogP contribution in [0.1, 0.15) is 32.7 Å². The Morgan fingerprint density at radius 3 is 2.53 bits per heavy atom. The highest BCUT2D eigenvalue weighted by atomic mass is 35.5. The van der Waals surface area contributed by atoms with Crippen molar-refractivity contribution >= 4 is 51.0 Å². The number of ether oxygens (including phenoxy) is 1. The van der Waals surface area contributed by atoms with Crippen LogP contribution in [0.25, 0.3) is 10.2 Å². The molecule has 0 aliphatic rings. The van der Waals surface area contributed by atoms with Gasteiger partial charge in [-0.15, -0.1) is 12.4 Å². The largest absolute Gasteiger partial charge is 0.465 e. The van der Waals surface area contributed by atoms with Crippen LogP contribution in [-0.4, -0.2) is 40.1 Å². The van der Waals surface area contributed by atoms with Crippen LogP contribution in [0.15, 0.2) is 61.2 Å². The number of esters is 1. The number of benzene rings is 2. The molecular formula is C23H23ClN4O3S. The van der Waals surface area contributed by atoms with Crippen LogP contribution < -0.4 is 4.90 Å². The van der Waals surface area contributed by atoms with Crippen LogP contribution in [-0.2, 0) is 11.3 Å². The minimum absolute atomic E-state index is 0. The first-order chi connectivity index (χ1) is 15.1. The zero-order chi connectivity index (χ0) is 21.8. The normalized spacial score (nSPS) is 10.6. The van der Waals surface area contributed by atoms with E-state index in [0.717, 1.165) is 28.7 Å². The van der Waals surface area contributed by atoms with Gasteiger partial charge in [0.15, 0.2) is 5.13 Å². The third-order valence-corrected chi connectivity index (χ3v) is 6.04. The van der Waals surface area contributed by atoms with Gasteiger partial charge in [0.1, 0.15) is 0 Å². The van der Waals surface area contributed by atoms with Gasteiger partial charge in [0, 0.05) is 31.0 Å². The second kappa shape index (κ2) is 10.4. The van der Waals surface area contributed by atoms with Crippen molar-refractivity contribution in [3.8, 4) is 0 Å². The lowest BCUT2D eigenvalue weighted by molar-refractivity contribution is 0.0600. The quantitative estimate of drug-likeness (QED) is 0.364. The lowest BCUT2D eigenvalue weighted by atomic mass is 10.1. The predicted molar refractivity (Wildman–Crippen MR) is 128 cm³/mol. The number of hydrogen-bond acceptors (Lipinski definition) is 6. The summed E-state index contributed by atoms with van der Waals surface area (Å²) in [7, 11) is 1.33. The van der Waals surface area contributed by atoms with Gasteiger partial charge in [0.05, 0.1) is 29.2 Å². The number of carbonyl (C=O) groups excluding carboxylic acids is 2. The Hall–Kier alpha value is -3.23. The minimum atomic E-state index is -0.433. The summed E-state index contributed by atoms with van der Waals surface area (Å²) in [5.41, 5.74) is 2.89. The summed E-state index contributed by atoms with van der Waals surface area (Å²) >= 11 is 1.50. The van der Waals surface area contributed by atoms with Crippen molar-refractivity contribution in [1.29, 1.82) is 0 Å². The third-order valence-electron chi connectivity index (χ3n) is 5.00. The number of fused-ring (bicyclic) bond motifs is 1. The van der Waals surface area contributed by atoms with Crippen LogP contribution in [0, 0.1) is 6.92 Å². The lowest BCUT2D eigenvalue weighted by Gasteiger charge is -2.20. The molecule has 0 atom stereocenters. The Bertz CT molecular complexity index is 1210. The zero-order valence-electron chi connectivity index (χ0n) is 17.7. The van der Waals surface area contributed by atoms with E-state index in [0.29, 0.717) is 22.8 Å². The third kappa shape index (κ3) is 4.98. The van der Waals surface area contributed by atoms with Crippen molar-refractivity contribution in [2.75, 3.05) is 18.6 Å². The molecule has 2 aromatic heterocycles. The molecule has 0 spiro atoms. The second-order valence-corrected chi connectivity index (χ2v) is 8.11. The molecule has 0 unspecified atom stereocenters. The van der Waals surface area contributed by atoms with E-state index in [2.05, 4.69) is 4.98 Å². The van der Waals surface area contributed by atoms with Crippen molar-refractivity contribution in [1.82, 2.24) is 14.5 Å². The van der Waals surface area contributed by atoms with E-state index in [1.807, 2.05) is 35.9 Å². The highest BCUT2D eigenvalue weighted by Gasteiger charge is 2.22. The number of carbonyl (C=O) groups is 2. The smallest absolute Gasteiger partial charge is 0.337 e. The minimum Gasteiger partial charge on any atom is -0.465 e. The Morgan fingerprint density at radius 2 is 1.88 bits per heavy atom. The Balaban J connectivity index is 0.00000289. The van der Waals surface area contributed by atoms with Crippen molar-refractivity contribution < 1.29 is 14.3 Å². The molecule has 0 saturated carbocycles. The van der Waals surface area contributed by atoms with E-state index in [1.54, 1.807) is 41.7 Å². The first-order valence-electron chi connectivity index (χ1n) is 9.89. The van der Waals surface area contributed by atoms with E-state index in [-0.39, 0.29) is 18.3 Å². The molecule has 1 amide bonds. The van der Waals surface area contributed by atoms with E-state index in [9.17, 15) is 9.59 Å². The van der Waals surface area contributed by atoms with Gasteiger partial charge >= 0.3 is 5.97 Å². The number of aryl methyl sites for hydroxylation is 2. The molecule has 7 nitrogen and oxygen atoms in total. The first-order valence-corrected chi connectivity index (χ1v) is 10.7. The fraction of sp³-hybridized carbons (Fsp3) is 0.217. The van der Waals surface area contributed by atoms with Crippen LogP contribution in [0.3, 0.4) is 0 Å². The maximum atomic E-state index is 13.4. The zero-order valence-corrected chi connectivity index (χ0v) is 19.4. The fourth-order valence-corrected chi connectivity index (χ4v) is 4.39. The molecule has 0 saturated heterocycles. The first kappa shape index (κ1) is 23.4. The summed E-state index contributed by atoms with van der Waals surface area (Å²) in [6.07, 6.45) is 6.15. The molecule has 4 aromatic rings. The summed E-state index contributed by atoms with van der Waals surface area (Å²) in [5.74, 6) is -0.586. The molecule has 2 heterocycles. The van der Waals surface area contributed by atoms with Crippen LogP contribution in [0.4, 0.5) is 5.13 Å². The number of hydrogen-bond donors (Lipinski definition) is 0. The number of rotatable bonds is 7. The predicted octanol–water partition coefficient (Wildman–Crippen LogP) is 4.75. The van der Waals surface area contributed by atoms with Crippen molar-refractivity contribution in [3.63, 3.8) is 0 Å². The highest BCUT2D eigenvalue weighted by molar-refractivity contribution is 7.22. The lowest BCUT2D eigenvalue weighted by Crippen LogP contribution is -2.32. The van der Waals surface area contributed by atoms with E-state index in [4.69, 9.17) is 9.72 Å². The monoisotopic (exact) mass is 470 g/mol. The van der Waals surface area contributed by atoms with Gasteiger partial charge in [0.25, 0.3) is 5.91 Å². The van der Waals surface area contributed by atoms with Gasteiger partial charge in [-0.1, -0.05) is 23.5 Å². The number of thiazole rings is 1. The van der Waals surface area contributed by atoms with Crippen LogP contribution in [0.5, 0.6) is 0 Å². The van der Waals surface area contributed by atoms with Gasteiger partial charge in [-0.3, -0.25) is 9.69 Å². The number of nitrogens with zero attached hydrogens (tertiary/aromatic N) is 4. The number of imidazole rings is 1. The molecule has 0 aliphatic heterocycles. The SMILES string of the molecule is COC(=O)c1ccc(C(=O)N(CCCn2ccnc2)c2nc3c(C)cccc3s2)cc1.Cl.